The van der Waals surface area contributed by atoms with Crippen LogP contribution in [0.1, 0.15) is 31.3 Å². The van der Waals surface area contributed by atoms with Gasteiger partial charge in [0.1, 0.15) is 5.60 Å². The fourth-order valence-corrected chi connectivity index (χ4v) is 2.01. The maximum atomic E-state index is 12.0. The quantitative estimate of drug-likeness (QED) is 0.765. The first kappa shape index (κ1) is 16.1. The molecule has 1 aromatic heterocycles. The molecule has 0 bridgehead atoms. The molecule has 22 heavy (non-hydrogen) atoms. The number of nitrogens with zero attached hydrogens (tertiary/aromatic N) is 3. The molecule has 8 heteroatoms. The van der Waals surface area contributed by atoms with E-state index < -0.39 is 11.6 Å². The Morgan fingerprint density at radius 3 is 2.41 bits per heavy atom. The van der Waals surface area contributed by atoms with Gasteiger partial charge in [-0.1, -0.05) is 0 Å². The van der Waals surface area contributed by atoms with Gasteiger partial charge in [0.2, 0.25) is 5.76 Å². The highest BCUT2D eigenvalue weighted by atomic mass is 16.6. The number of oxazole rings is 1. The third-order valence-corrected chi connectivity index (χ3v) is 3.08. The molecule has 2 heterocycles. The minimum Gasteiger partial charge on any atom is -0.463 e. The molecule has 0 saturated carbocycles. The highest BCUT2D eigenvalue weighted by molar-refractivity contribution is 5.86. The lowest BCUT2D eigenvalue weighted by atomic mass is 10.2. The first-order valence-electron chi connectivity index (χ1n) is 7.07. The lowest BCUT2D eigenvalue weighted by Crippen LogP contribution is -2.50. The molecule has 0 aliphatic carbocycles. The van der Waals surface area contributed by atoms with Crippen LogP contribution in [0.2, 0.25) is 0 Å². The van der Waals surface area contributed by atoms with E-state index in [1.165, 1.54) is 13.3 Å². The fourth-order valence-electron chi connectivity index (χ4n) is 2.01. The largest absolute Gasteiger partial charge is 0.463 e. The summed E-state index contributed by atoms with van der Waals surface area (Å²) < 4.78 is 15.3. The summed E-state index contributed by atoms with van der Waals surface area (Å²) in [7, 11) is 1.28. The van der Waals surface area contributed by atoms with Crippen molar-refractivity contribution in [2.75, 3.05) is 38.2 Å². The van der Waals surface area contributed by atoms with Crippen LogP contribution < -0.4 is 4.90 Å². The molecule has 1 aliphatic heterocycles. The molecule has 0 unspecified atom stereocenters. The average molecular weight is 311 g/mol. The molecule has 0 aromatic carbocycles. The summed E-state index contributed by atoms with van der Waals surface area (Å²) in [6.45, 7) is 7.63. The van der Waals surface area contributed by atoms with Gasteiger partial charge < -0.3 is 23.7 Å². The summed E-state index contributed by atoms with van der Waals surface area (Å²) in [6, 6.07) is 0.351. The van der Waals surface area contributed by atoms with Crippen molar-refractivity contribution in [2.24, 2.45) is 0 Å². The molecular formula is C14H21N3O5. The van der Waals surface area contributed by atoms with Crippen molar-refractivity contribution >= 4 is 18.1 Å². The molecule has 0 radical (unpaired) electrons. The summed E-state index contributed by atoms with van der Waals surface area (Å²) in [5.74, 6) is -0.502. The van der Waals surface area contributed by atoms with Gasteiger partial charge in [-0.3, -0.25) is 0 Å². The first-order chi connectivity index (χ1) is 10.3. The second kappa shape index (κ2) is 6.25. The number of rotatable bonds is 2. The Labute approximate surface area is 129 Å². The van der Waals surface area contributed by atoms with Crippen molar-refractivity contribution in [2.45, 2.75) is 26.4 Å². The Kier molecular flexibility index (Phi) is 4.58. The maximum Gasteiger partial charge on any atom is 0.410 e. The number of aromatic nitrogens is 1. The normalized spacial score (nSPS) is 15.6. The SMILES string of the molecule is COC(=O)c1cnc(N2CCN(C(=O)OC(C)(C)C)CC2)o1. The predicted octanol–water partition coefficient (Wildman–Crippen LogP) is 1.52. The number of amides is 1. The number of anilines is 1. The lowest BCUT2D eigenvalue weighted by molar-refractivity contribution is 0.0239. The summed E-state index contributed by atoms with van der Waals surface area (Å²) >= 11 is 0. The molecule has 2 rings (SSSR count). The van der Waals surface area contributed by atoms with E-state index in [-0.39, 0.29) is 11.9 Å². The van der Waals surface area contributed by atoms with Crippen molar-refractivity contribution in [1.82, 2.24) is 9.88 Å². The van der Waals surface area contributed by atoms with Crippen LogP contribution in [-0.2, 0) is 9.47 Å². The summed E-state index contributed by atoms with van der Waals surface area (Å²) in [4.78, 5) is 30.9. The Morgan fingerprint density at radius 2 is 1.86 bits per heavy atom. The number of methoxy groups -OCH3 is 1. The van der Waals surface area contributed by atoms with Crippen LogP contribution in [0.25, 0.3) is 0 Å². The second-order valence-electron chi connectivity index (χ2n) is 5.95. The molecule has 1 saturated heterocycles. The van der Waals surface area contributed by atoms with Crippen molar-refractivity contribution in [1.29, 1.82) is 0 Å². The molecule has 1 fully saturated rings. The number of carbonyl (C=O) groups excluding carboxylic acids is 2. The van der Waals surface area contributed by atoms with E-state index in [9.17, 15) is 9.59 Å². The van der Waals surface area contributed by atoms with Gasteiger partial charge in [0, 0.05) is 26.2 Å². The van der Waals surface area contributed by atoms with Crippen molar-refractivity contribution < 1.29 is 23.5 Å². The van der Waals surface area contributed by atoms with E-state index in [0.29, 0.717) is 32.2 Å². The Morgan fingerprint density at radius 1 is 1.23 bits per heavy atom. The summed E-state index contributed by atoms with van der Waals surface area (Å²) in [6.07, 6.45) is 1.01. The van der Waals surface area contributed by atoms with Crippen LogP contribution >= 0.6 is 0 Å². The van der Waals surface area contributed by atoms with Crippen molar-refractivity contribution in [3.63, 3.8) is 0 Å². The van der Waals surface area contributed by atoms with E-state index in [1.54, 1.807) is 4.90 Å². The molecule has 8 nitrogen and oxygen atoms in total. The Bertz CT molecular complexity index is 541. The fraction of sp³-hybridized carbons (Fsp3) is 0.643. The summed E-state index contributed by atoms with van der Waals surface area (Å²) in [5.41, 5.74) is -0.508. The molecular weight excluding hydrogens is 290 g/mol. The number of carbonyl (C=O) groups is 2. The Balaban J connectivity index is 1.91. The third-order valence-electron chi connectivity index (χ3n) is 3.08. The number of hydrogen-bond acceptors (Lipinski definition) is 7. The minimum atomic E-state index is -0.564. The van der Waals surface area contributed by atoms with Crippen LogP contribution in [0.4, 0.5) is 10.8 Å². The number of ether oxygens (including phenoxy) is 2. The summed E-state index contributed by atoms with van der Waals surface area (Å²) in [5, 5.41) is 0. The average Bonchev–Trinajstić information content (AvgIpc) is 2.94. The highest BCUT2D eigenvalue weighted by Gasteiger charge is 2.27. The van der Waals surface area contributed by atoms with Gasteiger partial charge in [-0.2, -0.15) is 0 Å². The maximum absolute atomic E-state index is 12.0. The van der Waals surface area contributed by atoms with Gasteiger partial charge in [-0.15, -0.1) is 0 Å². The zero-order valence-electron chi connectivity index (χ0n) is 13.3. The number of esters is 1. The molecule has 1 amide bonds. The standard InChI is InChI=1S/C14H21N3O5/c1-14(2,3)22-13(19)17-7-5-16(6-8-17)12-15-9-10(21-12)11(18)20-4/h9H,5-8H2,1-4H3. The second-order valence-corrected chi connectivity index (χ2v) is 5.95. The predicted molar refractivity (Wildman–Crippen MR) is 77.9 cm³/mol. The van der Waals surface area contributed by atoms with Crippen LogP contribution in [0, 0.1) is 0 Å². The molecule has 1 aromatic rings. The minimum absolute atomic E-state index is 0.0621. The van der Waals surface area contributed by atoms with Gasteiger partial charge in [0.15, 0.2) is 0 Å². The van der Waals surface area contributed by atoms with Crippen LogP contribution in [0.5, 0.6) is 0 Å². The zero-order valence-corrected chi connectivity index (χ0v) is 13.3. The molecule has 0 atom stereocenters. The Hall–Kier alpha value is -2.25. The van der Waals surface area contributed by atoms with Crippen LogP contribution in [-0.4, -0.2) is 60.8 Å². The molecule has 0 N–H and O–H groups in total. The monoisotopic (exact) mass is 311 g/mol. The van der Waals surface area contributed by atoms with Gasteiger partial charge in [-0.05, 0) is 20.8 Å². The van der Waals surface area contributed by atoms with Crippen molar-refractivity contribution in [3.05, 3.63) is 12.0 Å². The highest BCUT2D eigenvalue weighted by Crippen LogP contribution is 2.18. The van der Waals surface area contributed by atoms with Crippen molar-refractivity contribution in [3.8, 4) is 0 Å². The van der Waals surface area contributed by atoms with Gasteiger partial charge in [0.25, 0.3) is 6.01 Å². The van der Waals surface area contributed by atoms with E-state index >= 15 is 0 Å². The zero-order chi connectivity index (χ0) is 16.3. The smallest absolute Gasteiger partial charge is 0.410 e. The van der Waals surface area contributed by atoms with E-state index in [0.717, 1.165) is 0 Å². The van der Waals surface area contributed by atoms with Crippen LogP contribution in [0.15, 0.2) is 10.6 Å². The number of piperazine rings is 1. The van der Waals surface area contributed by atoms with Gasteiger partial charge >= 0.3 is 12.1 Å². The van der Waals surface area contributed by atoms with E-state index in [4.69, 9.17) is 9.15 Å². The first-order valence-corrected chi connectivity index (χ1v) is 7.07. The van der Waals surface area contributed by atoms with E-state index in [1.807, 2.05) is 25.7 Å². The molecule has 122 valence electrons. The third kappa shape index (κ3) is 3.90. The van der Waals surface area contributed by atoms with Crippen LogP contribution in [0.3, 0.4) is 0 Å². The topological polar surface area (TPSA) is 85.1 Å². The molecule has 1 aliphatic rings. The molecule has 0 spiro atoms. The lowest BCUT2D eigenvalue weighted by Gasteiger charge is -2.34. The van der Waals surface area contributed by atoms with Gasteiger partial charge in [-0.25, -0.2) is 14.6 Å². The van der Waals surface area contributed by atoms with E-state index in [2.05, 4.69) is 9.72 Å². The van der Waals surface area contributed by atoms with Gasteiger partial charge in [0.05, 0.1) is 13.3 Å². The number of hydrogen-bond donors (Lipinski definition) is 0.